The lowest BCUT2D eigenvalue weighted by atomic mass is 10.3. The van der Waals surface area contributed by atoms with Crippen molar-refractivity contribution in [2.24, 2.45) is 5.16 Å². The number of nitrogens with zero attached hydrogens (tertiary/aromatic N) is 2. The van der Waals surface area contributed by atoms with Crippen molar-refractivity contribution in [3.05, 3.63) is 48.3 Å². The summed E-state index contributed by atoms with van der Waals surface area (Å²) < 4.78 is 1.85. The third-order valence-corrected chi connectivity index (χ3v) is 2.10. The summed E-state index contributed by atoms with van der Waals surface area (Å²) in [7, 11) is 0. The van der Waals surface area contributed by atoms with Crippen LogP contribution in [0, 0.1) is 0 Å². The summed E-state index contributed by atoms with van der Waals surface area (Å²) in [6, 6.07) is 10.5. The Morgan fingerprint density at radius 3 is 2.53 bits per heavy atom. The van der Waals surface area contributed by atoms with Gasteiger partial charge in [-0.05, 0) is 36.4 Å². The molecular weight excluding hydrogens is 192 g/mol. The second-order valence-electron chi connectivity index (χ2n) is 3.06. The Labute approximate surface area is 86.7 Å². The molecule has 1 aromatic heterocycles. The van der Waals surface area contributed by atoms with Crippen molar-refractivity contribution >= 4 is 6.21 Å². The summed E-state index contributed by atoms with van der Waals surface area (Å²) in [5.41, 5.74) is 1.66. The van der Waals surface area contributed by atoms with Gasteiger partial charge in [0.05, 0.1) is 11.9 Å². The lowest BCUT2D eigenvalue weighted by Gasteiger charge is -2.05. The molecule has 2 aromatic rings. The molecule has 0 aliphatic carbocycles. The molecule has 1 heterocycles. The number of aromatic hydroxyl groups is 1. The number of rotatable bonds is 2. The van der Waals surface area contributed by atoms with Gasteiger partial charge >= 0.3 is 0 Å². The highest BCUT2D eigenvalue weighted by molar-refractivity contribution is 5.78. The summed E-state index contributed by atoms with van der Waals surface area (Å²) >= 11 is 0. The van der Waals surface area contributed by atoms with E-state index in [-0.39, 0.29) is 5.75 Å². The first kappa shape index (κ1) is 9.33. The molecule has 76 valence electrons. The normalized spacial score (nSPS) is 10.9. The zero-order valence-electron chi connectivity index (χ0n) is 7.91. The van der Waals surface area contributed by atoms with Crippen molar-refractivity contribution < 1.29 is 10.3 Å². The molecule has 0 aliphatic rings. The van der Waals surface area contributed by atoms with E-state index in [2.05, 4.69) is 5.16 Å². The molecular formula is C11H10N2O2. The van der Waals surface area contributed by atoms with Crippen molar-refractivity contribution in [3.63, 3.8) is 0 Å². The minimum atomic E-state index is 0.225. The maximum Gasteiger partial charge on any atom is 0.115 e. The molecule has 0 spiro atoms. The Bertz CT molecular complexity index is 472. The van der Waals surface area contributed by atoms with Crippen LogP contribution in [0.25, 0.3) is 5.69 Å². The molecule has 0 aliphatic heterocycles. The van der Waals surface area contributed by atoms with Gasteiger partial charge in [0, 0.05) is 11.9 Å². The third-order valence-electron chi connectivity index (χ3n) is 2.10. The zero-order valence-corrected chi connectivity index (χ0v) is 7.91. The molecule has 0 bridgehead atoms. The fourth-order valence-corrected chi connectivity index (χ4v) is 1.41. The van der Waals surface area contributed by atoms with Gasteiger partial charge in [0.2, 0.25) is 0 Å². The van der Waals surface area contributed by atoms with Gasteiger partial charge in [0.15, 0.2) is 0 Å². The van der Waals surface area contributed by atoms with E-state index in [1.807, 2.05) is 22.9 Å². The first-order valence-corrected chi connectivity index (χ1v) is 4.45. The summed E-state index contributed by atoms with van der Waals surface area (Å²) in [4.78, 5) is 0. The summed E-state index contributed by atoms with van der Waals surface area (Å²) in [5, 5.41) is 20.6. The predicted molar refractivity (Wildman–Crippen MR) is 56.8 cm³/mol. The lowest BCUT2D eigenvalue weighted by molar-refractivity contribution is 0.321. The van der Waals surface area contributed by atoms with Crippen LogP contribution in [0.5, 0.6) is 5.75 Å². The SMILES string of the molecule is O/N=C/c1cccn1-c1ccc(O)cc1. The van der Waals surface area contributed by atoms with Crippen LogP contribution < -0.4 is 0 Å². The highest BCUT2D eigenvalue weighted by Crippen LogP contribution is 2.15. The van der Waals surface area contributed by atoms with Gasteiger partial charge in [-0.25, -0.2) is 0 Å². The molecule has 0 saturated heterocycles. The standard InChI is InChI=1S/C11H10N2O2/c14-11-5-3-9(4-6-11)13-7-1-2-10(13)8-12-15/h1-8,14-15H/b12-8+. The number of phenolic OH excluding ortho intramolecular Hbond substituents is 1. The highest BCUT2D eigenvalue weighted by Gasteiger charge is 2.00. The van der Waals surface area contributed by atoms with Crippen LogP contribution in [0.4, 0.5) is 0 Å². The quantitative estimate of drug-likeness (QED) is 0.444. The van der Waals surface area contributed by atoms with E-state index in [4.69, 9.17) is 10.3 Å². The average molecular weight is 202 g/mol. The molecule has 2 N–H and O–H groups in total. The van der Waals surface area contributed by atoms with Crippen molar-refractivity contribution in [2.45, 2.75) is 0 Å². The van der Waals surface area contributed by atoms with Crippen LogP contribution in [0.2, 0.25) is 0 Å². The smallest absolute Gasteiger partial charge is 0.115 e. The fourth-order valence-electron chi connectivity index (χ4n) is 1.41. The number of hydrogen-bond acceptors (Lipinski definition) is 3. The molecule has 4 heteroatoms. The monoisotopic (exact) mass is 202 g/mol. The maximum atomic E-state index is 9.15. The van der Waals surface area contributed by atoms with Crippen molar-refractivity contribution in [3.8, 4) is 11.4 Å². The Hall–Kier alpha value is -2.23. The van der Waals surface area contributed by atoms with E-state index in [1.165, 1.54) is 6.21 Å². The van der Waals surface area contributed by atoms with Crippen LogP contribution in [0.1, 0.15) is 5.69 Å². The Balaban J connectivity index is 2.44. The molecule has 0 saturated carbocycles. The fraction of sp³-hybridized carbons (Fsp3) is 0. The Morgan fingerprint density at radius 2 is 1.87 bits per heavy atom. The molecule has 4 nitrogen and oxygen atoms in total. The zero-order chi connectivity index (χ0) is 10.7. The topological polar surface area (TPSA) is 57.8 Å². The van der Waals surface area contributed by atoms with E-state index in [1.54, 1.807) is 24.3 Å². The van der Waals surface area contributed by atoms with Gasteiger partial charge in [-0.2, -0.15) is 0 Å². The van der Waals surface area contributed by atoms with Crippen LogP contribution in [-0.4, -0.2) is 21.1 Å². The Morgan fingerprint density at radius 1 is 1.13 bits per heavy atom. The largest absolute Gasteiger partial charge is 0.508 e. The third kappa shape index (κ3) is 1.83. The van der Waals surface area contributed by atoms with Crippen LogP contribution in [0.15, 0.2) is 47.8 Å². The van der Waals surface area contributed by atoms with Crippen molar-refractivity contribution in [1.82, 2.24) is 4.57 Å². The van der Waals surface area contributed by atoms with E-state index in [0.717, 1.165) is 11.4 Å². The van der Waals surface area contributed by atoms with Crippen LogP contribution in [0.3, 0.4) is 0 Å². The summed E-state index contributed by atoms with van der Waals surface area (Å²) in [5.74, 6) is 0.225. The average Bonchev–Trinajstić information content (AvgIpc) is 2.68. The van der Waals surface area contributed by atoms with Gasteiger partial charge in [0.1, 0.15) is 5.75 Å². The minimum Gasteiger partial charge on any atom is -0.508 e. The van der Waals surface area contributed by atoms with E-state index in [9.17, 15) is 0 Å². The van der Waals surface area contributed by atoms with E-state index < -0.39 is 0 Å². The van der Waals surface area contributed by atoms with Gasteiger partial charge in [-0.1, -0.05) is 5.16 Å². The van der Waals surface area contributed by atoms with Crippen molar-refractivity contribution in [2.75, 3.05) is 0 Å². The molecule has 1 aromatic carbocycles. The molecule has 2 rings (SSSR count). The second-order valence-corrected chi connectivity index (χ2v) is 3.06. The summed E-state index contributed by atoms with van der Waals surface area (Å²) in [6.07, 6.45) is 3.20. The number of phenols is 1. The van der Waals surface area contributed by atoms with Gasteiger partial charge in [-0.3, -0.25) is 0 Å². The predicted octanol–water partition coefficient (Wildman–Crippen LogP) is 1.99. The lowest BCUT2D eigenvalue weighted by Crippen LogP contribution is -1.97. The van der Waals surface area contributed by atoms with Crippen molar-refractivity contribution in [1.29, 1.82) is 0 Å². The molecule has 0 unspecified atom stereocenters. The number of benzene rings is 1. The number of hydrogen-bond donors (Lipinski definition) is 2. The highest BCUT2D eigenvalue weighted by atomic mass is 16.4. The first-order valence-electron chi connectivity index (χ1n) is 4.45. The summed E-state index contributed by atoms with van der Waals surface area (Å²) in [6.45, 7) is 0. The van der Waals surface area contributed by atoms with Gasteiger partial charge in [-0.15, -0.1) is 0 Å². The molecule has 0 fully saturated rings. The second kappa shape index (κ2) is 3.88. The molecule has 15 heavy (non-hydrogen) atoms. The number of oxime groups is 1. The molecule has 0 radical (unpaired) electrons. The number of aromatic nitrogens is 1. The van der Waals surface area contributed by atoms with Gasteiger partial charge in [0.25, 0.3) is 0 Å². The maximum absolute atomic E-state index is 9.15. The first-order chi connectivity index (χ1) is 7.31. The van der Waals surface area contributed by atoms with E-state index in [0.29, 0.717) is 0 Å². The van der Waals surface area contributed by atoms with Crippen LogP contribution >= 0.6 is 0 Å². The van der Waals surface area contributed by atoms with Crippen LogP contribution in [-0.2, 0) is 0 Å². The molecule has 0 atom stereocenters. The molecule has 0 amide bonds. The minimum absolute atomic E-state index is 0.225. The Kier molecular flexibility index (Phi) is 2.41. The van der Waals surface area contributed by atoms with Gasteiger partial charge < -0.3 is 14.9 Å². The van der Waals surface area contributed by atoms with E-state index >= 15 is 0 Å².